The second kappa shape index (κ2) is 6.85. The molecule has 2 aromatic rings. The molecule has 0 atom stereocenters. The number of rotatable bonds is 4. The molecule has 0 bridgehead atoms. The lowest BCUT2D eigenvalue weighted by molar-refractivity contribution is 0.103. The first-order valence-corrected chi connectivity index (χ1v) is 8.43. The Bertz CT molecular complexity index is 635. The van der Waals surface area contributed by atoms with Crippen LogP contribution < -0.4 is 0 Å². The first kappa shape index (κ1) is 15.7. The average Bonchev–Trinajstić information content (AvgIpc) is 2.40. The first-order chi connectivity index (χ1) is 9.47. The summed E-state index contributed by atoms with van der Waals surface area (Å²) < 4.78 is 1.91. The molecule has 0 radical (unpaired) electrons. The monoisotopic (exact) mass is 442 g/mol. The summed E-state index contributed by atoms with van der Waals surface area (Å²) in [5.74, 6) is 0.674. The minimum Gasteiger partial charge on any atom is -0.289 e. The zero-order valence-electron chi connectivity index (χ0n) is 11.5. The van der Waals surface area contributed by atoms with Gasteiger partial charge in [-0.05, 0) is 64.8 Å². The topological polar surface area (TPSA) is 17.1 Å². The molecular formula is C17H16BrIO. The second-order valence-electron chi connectivity index (χ2n) is 5.25. The van der Waals surface area contributed by atoms with Crippen LogP contribution in [0.1, 0.15) is 35.3 Å². The summed E-state index contributed by atoms with van der Waals surface area (Å²) in [6.45, 7) is 4.37. The Morgan fingerprint density at radius 2 is 1.95 bits per heavy atom. The number of ketones is 1. The Kier molecular flexibility index (Phi) is 5.38. The van der Waals surface area contributed by atoms with E-state index in [2.05, 4.69) is 58.4 Å². The highest BCUT2D eigenvalue weighted by atomic mass is 127. The third-order valence-corrected chi connectivity index (χ3v) is 4.44. The van der Waals surface area contributed by atoms with Gasteiger partial charge in [0.1, 0.15) is 0 Å². The largest absolute Gasteiger partial charge is 0.289 e. The Morgan fingerprint density at radius 1 is 1.20 bits per heavy atom. The molecule has 0 unspecified atom stereocenters. The van der Waals surface area contributed by atoms with Crippen LogP contribution in [0.4, 0.5) is 0 Å². The zero-order chi connectivity index (χ0) is 14.7. The van der Waals surface area contributed by atoms with Gasteiger partial charge in [0.15, 0.2) is 5.78 Å². The molecule has 0 spiro atoms. The molecule has 2 aromatic carbocycles. The minimum atomic E-state index is 0.0845. The van der Waals surface area contributed by atoms with Gasteiger partial charge in [-0.25, -0.2) is 0 Å². The third kappa shape index (κ3) is 3.92. The molecular weight excluding hydrogens is 427 g/mol. The van der Waals surface area contributed by atoms with E-state index in [-0.39, 0.29) is 5.78 Å². The summed E-state index contributed by atoms with van der Waals surface area (Å²) in [6.07, 6.45) is 0.997. The fraction of sp³-hybridized carbons (Fsp3) is 0.235. The minimum absolute atomic E-state index is 0.0845. The van der Waals surface area contributed by atoms with Gasteiger partial charge in [-0.2, -0.15) is 0 Å². The molecule has 0 saturated heterocycles. The highest BCUT2D eigenvalue weighted by molar-refractivity contribution is 14.1. The molecule has 0 fully saturated rings. The Hall–Kier alpha value is -0.680. The third-order valence-electron chi connectivity index (χ3n) is 3.01. The molecule has 0 N–H and O–H groups in total. The number of benzene rings is 2. The quantitative estimate of drug-likeness (QED) is 0.452. The molecule has 20 heavy (non-hydrogen) atoms. The van der Waals surface area contributed by atoms with Crippen LogP contribution in [0.2, 0.25) is 0 Å². The predicted molar refractivity (Wildman–Crippen MR) is 95.3 cm³/mol. The lowest BCUT2D eigenvalue weighted by Gasteiger charge is -2.08. The van der Waals surface area contributed by atoms with Gasteiger partial charge in [-0.3, -0.25) is 4.79 Å². The van der Waals surface area contributed by atoms with Gasteiger partial charge in [0.05, 0.1) is 0 Å². The van der Waals surface area contributed by atoms with Gasteiger partial charge in [-0.15, -0.1) is 0 Å². The van der Waals surface area contributed by atoms with Crippen LogP contribution >= 0.6 is 38.5 Å². The summed E-state index contributed by atoms with van der Waals surface area (Å²) in [5, 5.41) is 0. The van der Waals surface area contributed by atoms with Crippen molar-refractivity contribution >= 4 is 44.3 Å². The van der Waals surface area contributed by atoms with Gasteiger partial charge in [0.25, 0.3) is 0 Å². The van der Waals surface area contributed by atoms with Crippen molar-refractivity contribution in [2.24, 2.45) is 5.92 Å². The van der Waals surface area contributed by atoms with Crippen molar-refractivity contribution in [2.45, 2.75) is 20.3 Å². The maximum atomic E-state index is 12.6. The van der Waals surface area contributed by atoms with E-state index in [0.29, 0.717) is 5.92 Å². The Balaban J connectivity index is 2.35. The maximum absolute atomic E-state index is 12.6. The van der Waals surface area contributed by atoms with Crippen LogP contribution in [0.3, 0.4) is 0 Å². The molecule has 0 amide bonds. The van der Waals surface area contributed by atoms with Crippen LogP contribution in [0, 0.1) is 9.49 Å². The van der Waals surface area contributed by atoms with Crippen molar-refractivity contribution in [1.29, 1.82) is 0 Å². The molecule has 0 aliphatic carbocycles. The number of carbonyl (C=O) groups is 1. The van der Waals surface area contributed by atoms with E-state index in [0.717, 1.165) is 25.6 Å². The summed E-state index contributed by atoms with van der Waals surface area (Å²) in [7, 11) is 0. The van der Waals surface area contributed by atoms with E-state index in [9.17, 15) is 4.79 Å². The smallest absolute Gasteiger partial charge is 0.194 e. The van der Waals surface area contributed by atoms with Crippen molar-refractivity contribution in [1.82, 2.24) is 0 Å². The van der Waals surface area contributed by atoms with Crippen molar-refractivity contribution in [3.05, 3.63) is 67.2 Å². The van der Waals surface area contributed by atoms with E-state index < -0.39 is 0 Å². The molecule has 0 aliphatic heterocycles. The molecule has 1 nitrogen and oxygen atoms in total. The van der Waals surface area contributed by atoms with E-state index in [1.54, 1.807) is 0 Å². The summed E-state index contributed by atoms with van der Waals surface area (Å²) in [6, 6.07) is 13.8. The van der Waals surface area contributed by atoms with Crippen LogP contribution in [0.15, 0.2) is 46.9 Å². The lowest BCUT2D eigenvalue weighted by atomic mass is 9.97. The van der Waals surface area contributed by atoms with E-state index in [1.165, 1.54) is 5.56 Å². The van der Waals surface area contributed by atoms with Crippen LogP contribution in [0.5, 0.6) is 0 Å². The van der Waals surface area contributed by atoms with Gasteiger partial charge in [0, 0.05) is 19.2 Å². The van der Waals surface area contributed by atoms with Crippen molar-refractivity contribution in [3.63, 3.8) is 0 Å². The van der Waals surface area contributed by atoms with E-state index in [4.69, 9.17) is 0 Å². The SMILES string of the molecule is CC(C)Cc1cccc(C(=O)c2cc(Br)ccc2I)c1. The average molecular weight is 443 g/mol. The van der Waals surface area contributed by atoms with Crippen LogP contribution in [-0.4, -0.2) is 5.78 Å². The molecule has 0 heterocycles. The van der Waals surface area contributed by atoms with E-state index >= 15 is 0 Å². The summed E-state index contributed by atoms with van der Waals surface area (Å²) >= 11 is 5.63. The number of hydrogen-bond acceptors (Lipinski definition) is 1. The lowest BCUT2D eigenvalue weighted by Crippen LogP contribution is -2.05. The molecule has 2 rings (SSSR count). The standard InChI is InChI=1S/C17H16BrIO/c1-11(2)8-12-4-3-5-13(9-12)17(20)15-10-14(18)6-7-16(15)19/h3-7,9-11H,8H2,1-2H3. The molecule has 3 heteroatoms. The fourth-order valence-corrected chi connectivity index (χ4v) is 3.08. The second-order valence-corrected chi connectivity index (χ2v) is 7.33. The van der Waals surface area contributed by atoms with Gasteiger partial charge in [-0.1, -0.05) is 48.0 Å². The number of carbonyl (C=O) groups excluding carboxylic acids is 1. The zero-order valence-corrected chi connectivity index (χ0v) is 15.2. The molecule has 0 aromatic heterocycles. The van der Waals surface area contributed by atoms with Crippen LogP contribution in [-0.2, 0) is 6.42 Å². The highest BCUT2D eigenvalue weighted by Crippen LogP contribution is 2.22. The van der Waals surface area contributed by atoms with Crippen molar-refractivity contribution < 1.29 is 4.79 Å². The highest BCUT2D eigenvalue weighted by Gasteiger charge is 2.13. The Labute approximate surface area is 142 Å². The number of hydrogen-bond donors (Lipinski definition) is 0. The molecule has 0 saturated carbocycles. The molecule has 0 aliphatic rings. The van der Waals surface area contributed by atoms with Gasteiger partial charge in [0.2, 0.25) is 0 Å². The van der Waals surface area contributed by atoms with Crippen LogP contribution in [0.25, 0.3) is 0 Å². The van der Waals surface area contributed by atoms with Crippen molar-refractivity contribution in [2.75, 3.05) is 0 Å². The Morgan fingerprint density at radius 3 is 2.65 bits per heavy atom. The predicted octanol–water partition coefficient (Wildman–Crippen LogP) is 5.48. The van der Waals surface area contributed by atoms with Gasteiger partial charge < -0.3 is 0 Å². The maximum Gasteiger partial charge on any atom is 0.194 e. The van der Waals surface area contributed by atoms with E-state index in [1.807, 2.05) is 36.4 Å². The number of halogens is 2. The molecule has 104 valence electrons. The summed E-state index contributed by atoms with van der Waals surface area (Å²) in [5.41, 5.74) is 2.73. The fourth-order valence-electron chi connectivity index (χ4n) is 2.14. The first-order valence-electron chi connectivity index (χ1n) is 6.56. The normalized spacial score (nSPS) is 10.8. The van der Waals surface area contributed by atoms with Crippen molar-refractivity contribution in [3.8, 4) is 0 Å². The van der Waals surface area contributed by atoms with Gasteiger partial charge >= 0.3 is 0 Å². The summed E-state index contributed by atoms with van der Waals surface area (Å²) in [4.78, 5) is 12.6.